The van der Waals surface area contributed by atoms with E-state index in [0.717, 1.165) is 5.56 Å². The Morgan fingerprint density at radius 1 is 0.897 bits per heavy atom. The molecule has 1 amide bonds. The predicted octanol–water partition coefficient (Wildman–Crippen LogP) is 2.80. The van der Waals surface area contributed by atoms with Crippen LogP contribution in [0, 0.1) is 0 Å². The molecule has 0 bridgehead atoms. The van der Waals surface area contributed by atoms with Crippen molar-refractivity contribution in [2.75, 3.05) is 17.5 Å². The maximum atomic E-state index is 13.5. The van der Waals surface area contributed by atoms with Crippen LogP contribution in [-0.4, -0.2) is 32.6 Å². The molecule has 0 aliphatic carbocycles. The van der Waals surface area contributed by atoms with E-state index in [4.69, 9.17) is 5.11 Å². The first-order chi connectivity index (χ1) is 14.0. The molecule has 0 aromatic heterocycles. The Bertz CT molecular complexity index is 1050. The van der Waals surface area contributed by atoms with Crippen LogP contribution in [0.1, 0.15) is 15.9 Å². The van der Waals surface area contributed by atoms with E-state index in [1.807, 2.05) is 36.4 Å². The lowest BCUT2D eigenvalue weighted by Crippen LogP contribution is -2.31. The summed E-state index contributed by atoms with van der Waals surface area (Å²) in [7, 11) is -3.92. The number of anilines is 1. The lowest BCUT2D eigenvalue weighted by molar-refractivity contribution is 0.0944. The number of hydrogen-bond acceptors (Lipinski definition) is 4. The number of aliphatic hydroxyl groups is 1. The number of sulfonamides is 1. The Morgan fingerprint density at radius 2 is 1.55 bits per heavy atom. The van der Waals surface area contributed by atoms with E-state index in [0.29, 0.717) is 5.69 Å². The molecule has 6 nitrogen and oxygen atoms in total. The first-order valence-electron chi connectivity index (χ1n) is 9.13. The summed E-state index contributed by atoms with van der Waals surface area (Å²) >= 11 is 0. The van der Waals surface area contributed by atoms with E-state index in [2.05, 4.69) is 5.32 Å². The fraction of sp³-hybridized carbons (Fsp3) is 0.136. The summed E-state index contributed by atoms with van der Waals surface area (Å²) in [6, 6.07) is 24.1. The SMILES string of the molecule is O=C(NCCO)c1cccc(S(=O)(=O)N(Cc2ccccc2)c2ccccc2)c1. The molecule has 0 atom stereocenters. The molecule has 2 N–H and O–H groups in total. The van der Waals surface area contributed by atoms with Gasteiger partial charge in [-0.2, -0.15) is 0 Å². The third-order valence-corrected chi connectivity index (χ3v) is 6.06. The Kier molecular flexibility index (Phi) is 6.64. The van der Waals surface area contributed by atoms with Crippen molar-refractivity contribution in [2.24, 2.45) is 0 Å². The van der Waals surface area contributed by atoms with Crippen LogP contribution >= 0.6 is 0 Å². The molecule has 150 valence electrons. The normalized spacial score (nSPS) is 11.1. The van der Waals surface area contributed by atoms with Crippen LogP contribution in [0.15, 0.2) is 89.8 Å². The highest BCUT2D eigenvalue weighted by Crippen LogP contribution is 2.26. The molecule has 0 saturated carbocycles. The van der Waals surface area contributed by atoms with Gasteiger partial charge in [0.05, 0.1) is 23.7 Å². The van der Waals surface area contributed by atoms with Gasteiger partial charge in [-0.3, -0.25) is 9.10 Å². The molecule has 0 saturated heterocycles. The number of carbonyl (C=O) groups is 1. The number of nitrogens with zero attached hydrogens (tertiary/aromatic N) is 1. The topological polar surface area (TPSA) is 86.7 Å². The Labute approximate surface area is 170 Å². The zero-order chi connectivity index (χ0) is 20.7. The molecule has 0 aliphatic heterocycles. The summed E-state index contributed by atoms with van der Waals surface area (Å²) in [4.78, 5) is 12.2. The third kappa shape index (κ3) is 5.01. The maximum absolute atomic E-state index is 13.5. The quantitative estimate of drug-likeness (QED) is 0.598. The van der Waals surface area contributed by atoms with Crippen LogP contribution in [0.4, 0.5) is 5.69 Å². The Morgan fingerprint density at radius 3 is 2.21 bits per heavy atom. The summed E-state index contributed by atoms with van der Waals surface area (Å²) in [6.45, 7) is 0.0661. The molecule has 0 radical (unpaired) electrons. The van der Waals surface area contributed by atoms with Gasteiger partial charge < -0.3 is 10.4 Å². The van der Waals surface area contributed by atoms with Gasteiger partial charge in [-0.05, 0) is 35.9 Å². The monoisotopic (exact) mass is 410 g/mol. The highest BCUT2D eigenvalue weighted by atomic mass is 32.2. The average molecular weight is 410 g/mol. The van der Waals surface area contributed by atoms with Crippen molar-refractivity contribution in [3.05, 3.63) is 96.1 Å². The second-order valence-corrected chi connectivity index (χ2v) is 8.20. The summed E-state index contributed by atoms with van der Waals surface area (Å²) in [5, 5.41) is 11.4. The van der Waals surface area contributed by atoms with Gasteiger partial charge in [0.1, 0.15) is 0 Å². The van der Waals surface area contributed by atoms with Crippen molar-refractivity contribution in [2.45, 2.75) is 11.4 Å². The van der Waals surface area contributed by atoms with Crippen LogP contribution in [-0.2, 0) is 16.6 Å². The van der Waals surface area contributed by atoms with Gasteiger partial charge in [0, 0.05) is 12.1 Å². The second kappa shape index (κ2) is 9.36. The first kappa shape index (κ1) is 20.6. The van der Waals surface area contributed by atoms with Crippen LogP contribution in [0.3, 0.4) is 0 Å². The summed E-state index contributed by atoms with van der Waals surface area (Å²) in [5.74, 6) is -0.439. The minimum atomic E-state index is -3.92. The van der Waals surface area contributed by atoms with Crippen LogP contribution in [0.2, 0.25) is 0 Å². The lowest BCUT2D eigenvalue weighted by Gasteiger charge is -2.25. The van der Waals surface area contributed by atoms with Crippen molar-refractivity contribution in [3.8, 4) is 0 Å². The van der Waals surface area contributed by atoms with Crippen molar-refractivity contribution in [3.63, 3.8) is 0 Å². The van der Waals surface area contributed by atoms with Crippen molar-refractivity contribution >= 4 is 21.6 Å². The number of aliphatic hydroxyl groups excluding tert-OH is 1. The maximum Gasteiger partial charge on any atom is 0.264 e. The first-order valence-corrected chi connectivity index (χ1v) is 10.6. The largest absolute Gasteiger partial charge is 0.395 e. The van der Waals surface area contributed by atoms with Gasteiger partial charge in [-0.15, -0.1) is 0 Å². The van der Waals surface area contributed by atoms with Crippen LogP contribution in [0.5, 0.6) is 0 Å². The molecule has 0 fully saturated rings. The standard InChI is InChI=1S/C22H22N2O4S/c25-15-14-23-22(26)19-10-7-13-21(16-19)29(27,28)24(20-11-5-2-6-12-20)17-18-8-3-1-4-9-18/h1-13,16,25H,14-15,17H2,(H,23,26). The van der Waals surface area contributed by atoms with E-state index < -0.39 is 15.9 Å². The van der Waals surface area contributed by atoms with Crippen molar-refractivity contribution in [1.29, 1.82) is 0 Å². The number of para-hydroxylation sites is 1. The highest BCUT2D eigenvalue weighted by Gasteiger charge is 2.26. The number of benzene rings is 3. The number of hydrogen-bond donors (Lipinski definition) is 2. The van der Waals surface area contributed by atoms with Crippen LogP contribution in [0.25, 0.3) is 0 Å². The fourth-order valence-electron chi connectivity index (χ4n) is 2.86. The van der Waals surface area contributed by atoms with E-state index >= 15 is 0 Å². The zero-order valence-corrected chi connectivity index (χ0v) is 16.5. The molecule has 0 spiro atoms. The van der Waals surface area contributed by atoms with E-state index in [1.165, 1.54) is 28.6 Å². The predicted molar refractivity (Wildman–Crippen MR) is 112 cm³/mol. The molecule has 0 heterocycles. The second-order valence-electron chi connectivity index (χ2n) is 6.34. The fourth-order valence-corrected chi connectivity index (χ4v) is 4.35. The Hall–Kier alpha value is -3.16. The molecule has 7 heteroatoms. The average Bonchev–Trinajstić information content (AvgIpc) is 2.77. The summed E-state index contributed by atoms with van der Waals surface area (Å²) in [6.07, 6.45) is 0. The van der Waals surface area contributed by atoms with Gasteiger partial charge in [0.15, 0.2) is 0 Å². The third-order valence-electron chi connectivity index (χ3n) is 4.29. The van der Waals surface area contributed by atoms with Gasteiger partial charge in [-0.25, -0.2) is 8.42 Å². The Balaban J connectivity index is 2.00. The molecule has 29 heavy (non-hydrogen) atoms. The molecule has 0 unspecified atom stereocenters. The molecular formula is C22H22N2O4S. The summed E-state index contributed by atoms with van der Waals surface area (Å²) < 4.78 is 28.3. The van der Waals surface area contributed by atoms with Gasteiger partial charge >= 0.3 is 0 Å². The molecule has 3 aromatic rings. The molecule has 3 rings (SSSR count). The van der Waals surface area contributed by atoms with Crippen molar-refractivity contribution in [1.82, 2.24) is 5.32 Å². The minimum Gasteiger partial charge on any atom is -0.395 e. The molecule has 0 aliphatic rings. The molecular weight excluding hydrogens is 388 g/mol. The number of nitrogens with one attached hydrogen (secondary N) is 1. The highest BCUT2D eigenvalue weighted by molar-refractivity contribution is 7.92. The van der Waals surface area contributed by atoms with E-state index in [9.17, 15) is 13.2 Å². The lowest BCUT2D eigenvalue weighted by atomic mass is 10.2. The number of carbonyl (C=O) groups excluding carboxylic acids is 1. The smallest absolute Gasteiger partial charge is 0.264 e. The van der Waals surface area contributed by atoms with Gasteiger partial charge in [0.2, 0.25) is 0 Å². The number of rotatable bonds is 8. The van der Waals surface area contributed by atoms with Crippen molar-refractivity contribution < 1.29 is 18.3 Å². The van der Waals surface area contributed by atoms with E-state index in [-0.39, 0.29) is 30.2 Å². The molecule has 3 aromatic carbocycles. The van der Waals surface area contributed by atoms with Gasteiger partial charge in [0.25, 0.3) is 15.9 Å². The minimum absolute atomic E-state index is 0.0222. The summed E-state index contributed by atoms with van der Waals surface area (Å²) in [5.41, 5.74) is 1.59. The zero-order valence-electron chi connectivity index (χ0n) is 15.7. The van der Waals surface area contributed by atoms with Crippen LogP contribution < -0.4 is 9.62 Å². The van der Waals surface area contributed by atoms with Gasteiger partial charge in [-0.1, -0.05) is 54.6 Å². The van der Waals surface area contributed by atoms with E-state index in [1.54, 1.807) is 24.3 Å². The number of amides is 1.